The molecular formula is C77H136O6. The minimum absolute atomic E-state index is 0.0757. The molecule has 0 spiro atoms. The smallest absolute Gasteiger partial charge is 0.306 e. The van der Waals surface area contributed by atoms with Gasteiger partial charge in [0.2, 0.25) is 0 Å². The topological polar surface area (TPSA) is 78.9 Å². The van der Waals surface area contributed by atoms with Gasteiger partial charge in [-0.05, 0) is 96.3 Å². The summed E-state index contributed by atoms with van der Waals surface area (Å²) in [6.45, 7) is 6.56. The van der Waals surface area contributed by atoms with Crippen molar-refractivity contribution in [1.29, 1.82) is 0 Å². The molecule has 0 N–H and O–H groups in total. The van der Waals surface area contributed by atoms with E-state index in [9.17, 15) is 14.4 Å². The Morgan fingerprint density at radius 3 is 0.735 bits per heavy atom. The molecule has 0 aromatic rings. The van der Waals surface area contributed by atoms with Crippen molar-refractivity contribution < 1.29 is 28.6 Å². The van der Waals surface area contributed by atoms with Gasteiger partial charge >= 0.3 is 17.9 Å². The van der Waals surface area contributed by atoms with E-state index in [1.807, 2.05) is 0 Å². The Balaban J connectivity index is 4.28. The number of rotatable bonds is 66. The lowest BCUT2D eigenvalue weighted by molar-refractivity contribution is -0.167. The van der Waals surface area contributed by atoms with Crippen molar-refractivity contribution in [2.24, 2.45) is 0 Å². The highest BCUT2D eigenvalue weighted by Gasteiger charge is 2.19. The van der Waals surface area contributed by atoms with E-state index in [0.29, 0.717) is 19.3 Å². The van der Waals surface area contributed by atoms with Gasteiger partial charge < -0.3 is 14.2 Å². The monoisotopic (exact) mass is 1160 g/mol. The summed E-state index contributed by atoms with van der Waals surface area (Å²) in [6.07, 6.45) is 94.6. The van der Waals surface area contributed by atoms with Crippen LogP contribution >= 0.6 is 0 Å². The van der Waals surface area contributed by atoms with Crippen LogP contribution in [-0.4, -0.2) is 37.2 Å². The average Bonchev–Trinajstić information content (AvgIpc) is 3.49. The predicted octanol–water partition coefficient (Wildman–Crippen LogP) is 25.0. The van der Waals surface area contributed by atoms with Crippen LogP contribution in [0, 0.1) is 0 Å². The Kier molecular flexibility index (Phi) is 68.2. The molecule has 0 bridgehead atoms. The molecule has 6 nitrogen and oxygen atoms in total. The van der Waals surface area contributed by atoms with Crippen molar-refractivity contribution in [2.45, 2.75) is 374 Å². The Labute approximate surface area is 515 Å². The zero-order chi connectivity index (χ0) is 59.9. The van der Waals surface area contributed by atoms with Gasteiger partial charge in [0, 0.05) is 19.3 Å². The summed E-state index contributed by atoms with van der Waals surface area (Å²) < 4.78 is 17.0. The Morgan fingerprint density at radius 2 is 0.470 bits per heavy atom. The number of carbonyl (C=O) groups excluding carboxylic acids is 3. The van der Waals surface area contributed by atoms with E-state index < -0.39 is 6.10 Å². The molecule has 83 heavy (non-hydrogen) atoms. The van der Waals surface area contributed by atoms with Gasteiger partial charge in [0.25, 0.3) is 0 Å². The maximum atomic E-state index is 13.0. The first-order chi connectivity index (χ1) is 41.0. The van der Waals surface area contributed by atoms with Crippen LogP contribution in [0.3, 0.4) is 0 Å². The van der Waals surface area contributed by atoms with Crippen molar-refractivity contribution in [3.05, 3.63) is 85.1 Å². The van der Waals surface area contributed by atoms with Crippen LogP contribution in [0.2, 0.25) is 0 Å². The van der Waals surface area contributed by atoms with Gasteiger partial charge in [-0.25, -0.2) is 0 Å². The van der Waals surface area contributed by atoms with Crippen LogP contribution in [0.25, 0.3) is 0 Å². The molecule has 0 aliphatic rings. The summed E-state index contributed by atoms with van der Waals surface area (Å²) >= 11 is 0. The van der Waals surface area contributed by atoms with Gasteiger partial charge in [-0.3, -0.25) is 14.4 Å². The van der Waals surface area contributed by atoms with Crippen LogP contribution < -0.4 is 0 Å². The van der Waals surface area contributed by atoms with E-state index in [0.717, 1.165) is 103 Å². The van der Waals surface area contributed by atoms with Crippen molar-refractivity contribution in [1.82, 2.24) is 0 Å². The lowest BCUT2D eigenvalue weighted by Gasteiger charge is -2.18. The quantitative estimate of drug-likeness (QED) is 0.0261. The van der Waals surface area contributed by atoms with Gasteiger partial charge in [0.1, 0.15) is 13.2 Å². The number of allylic oxidation sites excluding steroid dienone is 14. The van der Waals surface area contributed by atoms with Crippen LogP contribution in [0.1, 0.15) is 367 Å². The summed E-state index contributed by atoms with van der Waals surface area (Å²) in [7, 11) is 0. The highest BCUT2D eigenvalue weighted by Crippen LogP contribution is 2.18. The summed E-state index contributed by atoms with van der Waals surface area (Å²) in [5.41, 5.74) is 0. The molecular weight excluding hydrogens is 1020 g/mol. The number of carbonyl (C=O) groups is 3. The normalized spacial score (nSPS) is 12.6. The fourth-order valence-electron chi connectivity index (χ4n) is 10.5. The van der Waals surface area contributed by atoms with Crippen LogP contribution in [0.15, 0.2) is 85.1 Å². The third-order valence-electron chi connectivity index (χ3n) is 15.9. The molecule has 1 unspecified atom stereocenters. The Bertz CT molecular complexity index is 1570. The van der Waals surface area contributed by atoms with E-state index in [1.165, 1.54) is 225 Å². The number of unbranched alkanes of at least 4 members (excludes halogenated alkanes) is 41. The Hall–Kier alpha value is -3.41. The summed E-state index contributed by atoms with van der Waals surface area (Å²) in [4.78, 5) is 38.5. The first kappa shape index (κ1) is 79.6. The molecule has 0 aliphatic heterocycles. The molecule has 480 valence electrons. The minimum Gasteiger partial charge on any atom is -0.462 e. The molecule has 0 aromatic heterocycles. The van der Waals surface area contributed by atoms with Crippen molar-refractivity contribution in [2.75, 3.05) is 13.2 Å². The second-order valence-electron chi connectivity index (χ2n) is 24.1. The highest BCUT2D eigenvalue weighted by atomic mass is 16.6. The second kappa shape index (κ2) is 71.1. The fraction of sp³-hybridized carbons (Fsp3) is 0.779. The van der Waals surface area contributed by atoms with E-state index in [4.69, 9.17) is 14.2 Å². The van der Waals surface area contributed by atoms with Gasteiger partial charge in [-0.1, -0.05) is 337 Å². The molecule has 0 aliphatic carbocycles. The van der Waals surface area contributed by atoms with Crippen LogP contribution in [0.4, 0.5) is 0 Å². The molecule has 0 amide bonds. The van der Waals surface area contributed by atoms with E-state index in [-0.39, 0.29) is 31.1 Å². The third-order valence-corrected chi connectivity index (χ3v) is 15.9. The summed E-state index contributed by atoms with van der Waals surface area (Å²) in [5.74, 6) is -0.863. The molecule has 1 atom stereocenters. The van der Waals surface area contributed by atoms with E-state index in [2.05, 4.69) is 106 Å². The number of ether oxygens (including phenoxy) is 3. The van der Waals surface area contributed by atoms with E-state index >= 15 is 0 Å². The molecule has 6 heteroatoms. The van der Waals surface area contributed by atoms with Crippen molar-refractivity contribution >= 4 is 17.9 Å². The SMILES string of the molecule is CC/C=C\C/C=C\C/C=C\C/C=C\CCCCCCCCCCC(=O)OC(COC(=O)CCCCCCCCCCCCCCCCC)COC(=O)CCCCCCCCCCCCCCCC/C=C\C/C=C\C/C=C\CCCCCCC. The van der Waals surface area contributed by atoms with Gasteiger partial charge in [-0.15, -0.1) is 0 Å². The molecule has 0 rings (SSSR count). The first-order valence-corrected chi connectivity index (χ1v) is 36.1. The van der Waals surface area contributed by atoms with Crippen LogP contribution in [-0.2, 0) is 28.6 Å². The molecule has 0 heterocycles. The molecule has 0 fully saturated rings. The fourth-order valence-corrected chi connectivity index (χ4v) is 10.5. The molecule has 0 aromatic carbocycles. The highest BCUT2D eigenvalue weighted by molar-refractivity contribution is 5.71. The zero-order valence-corrected chi connectivity index (χ0v) is 55.2. The van der Waals surface area contributed by atoms with Gasteiger partial charge in [0.05, 0.1) is 0 Å². The molecule has 0 radical (unpaired) electrons. The Morgan fingerprint density at radius 1 is 0.253 bits per heavy atom. The minimum atomic E-state index is -0.781. The first-order valence-electron chi connectivity index (χ1n) is 36.1. The third kappa shape index (κ3) is 69.3. The van der Waals surface area contributed by atoms with Crippen molar-refractivity contribution in [3.8, 4) is 0 Å². The number of hydrogen-bond acceptors (Lipinski definition) is 6. The van der Waals surface area contributed by atoms with Crippen molar-refractivity contribution in [3.63, 3.8) is 0 Å². The van der Waals surface area contributed by atoms with Crippen LogP contribution in [0.5, 0.6) is 0 Å². The molecule has 0 saturated heterocycles. The maximum Gasteiger partial charge on any atom is 0.306 e. The maximum absolute atomic E-state index is 13.0. The van der Waals surface area contributed by atoms with Gasteiger partial charge in [-0.2, -0.15) is 0 Å². The lowest BCUT2D eigenvalue weighted by atomic mass is 10.0. The average molecular weight is 1160 g/mol. The summed E-state index contributed by atoms with van der Waals surface area (Å²) in [5, 5.41) is 0. The predicted molar refractivity (Wildman–Crippen MR) is 362 cm³/mol. The summed E-state index contributed by atoms with van der Waals surface area (Å²) in [6, 6.07) is 0. The largest absolute Gasteiger partial charge is 0.462 e. The van der Waals surface area contributed by atoms with E-state index in [1.54, 1.807) is 0 Å². The zero-order valence-electron chi connectivity index (χ0n) is 55.2. The van der Waals surface area contributed by atoms with Gasteiger partial charge in [0.15, 0.2) is 6.10 Å². The second-order valence-corrected chi connectivity index (χ2v) is 24.1. The number of hydrogen-bond donors (Lipinski definition) is 0. The number of esters is 3. The lowest BCUT2D eigenvalue weighted by Crippen LogP contribution is -2.30. The molecule has 0 saturated carbocycles. The standard InChI is InChI=1S/C77H136O6/c1-4-7-10-13-16-19-22-25-28-30-32-34-35-36-37-38-39-40-41-43-44-46-49-52-55-58-61-64-67-70-76(79)82-73-74(72-81-75(78)69-66-63-60-57-54-51-48-27-24-21-18-15-12-9-6-3)83-77(80)71-68-65-62-59-56-53-50-47-45-42-33-31-29-26-23-20-17-14-11-8-5-2/h8,11,17,20,22,25-26,29-30,32-33,35-36,42,74H,4-7,9-10,12-16,18-19,21,23-24,27-28,31,34,37-41,43-73H2,1-3H3/b11-8-,20-17-,25-22-,29-26-,32-30-,36-35-,42-33-.